The Hall–Kier alpha value is -3.45. The highest BCUT2D eigenvalue weighted by atomic mass is 35.5. The highest BCUT2D eigenvalue weighted by molar-refractivity contribution is 7.07. The number of carbonyl (C=O) groups excluding carboxylic acids is 1. The van der Waals surface area contributed by atoms with E-state index < -0.39 is 35.2 Å². The number of nitrogens with two attached hydrogens (primary N) is 1. The molecule has 2 N–H and O–H groups in total. The Kier molecular flexibility index (Phi) is 7.05. The van der Waals surface area contributed by atoms with Crippen molar-refractivity contribution in [1.29, 1.82) is 5.26 Å². The normalized spacial score (nSPS) is 15.8. The van der Waals surface area contributed by atoms with Gasteiger partial charge in [0.15, 0.2) is 0 Å². The molecule has 4 rings (SSSR count). The molecule has 0 saturated carbocycles. The van der Waals surface area contributed by atoms with Gasteiger partial charge in [0.2, 0.25) is 0 Å². The number of fused-ring (bicyclic) bond motifs is 1. The van der Waals surface area contributed by atoms with E-state index in [0.717, 1.165) is 22.0 Å². The van der Waals surface area contributed by atoms with Gasteiger partial charge >= 0.3 is 5.97 Å². The molecule has 0 radical (unpaired) electrons. The second-order valence-corrected chi connectivity index (χ2v) is 9.88. The number of halogens is 4. The summed E-state index contributed by atoms with van der Waals surface area (Å²) < 4.78 is 35.8. The third-order valence-electron chi connectivity index (χ3n) is 5.39. The lowest BCUT2D eigenvalue weighted by atomic mass is 9.83. The molecule has 0 fully saturated rings. The molecule has 0 spiro atoms. The van der Waals surface area contributed by atoms with Crippen molar-refractivity contribution in [3.8, 4) is 6.07 Å². The van der Waals surface area contributed by atoms with E-state index in [1.165, 1.54) is 36.4 Å². The Balaban J connectivity index is 2.17. The van der Waals surface area contributed by atoms with E-state index >= 15 is 4.39 Å². The second-order valence-electron chi connectivity index (χ2n) is 8.04. The van der Waals surface area contributed by atoms with Crippen molar-refractivity contribution >= 4 is 58.0 Å². The molecule has 2 heterocycles. The summed E-state index contributed by atoms with van der Waals surface area (Å²) in [5, 5.41) is 10.00. The van der Waals surface area contributed by atoms with Crippen LogP contribution in [0.3, 0.4) is 0 Å². The fourth-order valence-electron chi connectivity index (χ4n) is 3.88. The van der Waals surface area contributed by atoms with Gasteiger partial charge in [-0.2, -0.15) is 5.26 Å². The molecule has 0 aliphatic carbocycles. The van der Waals surface area contributed by atoms with Crippen LogP contribution in [0.2, 0.25) is 10.0 Å². The summed E-state index contributed by atoms with van der Waals surface area (Å²) >= 11 is 13.2. The molecule has 184 valence electrons. The van der Waals surface area contributed by atoms with E-state index in [-0.39, 0.29) is 47.3 Å². The first-order chi connectivity index (χ1) is 17.1. The fourth-order valence-corrected chi connectivity index (χ4v) is 5.51. The SMILES string of the molecule is CC(C)OC(=O)C1=c2sc(=Cc3c(F)cccc3Cl)c(=O)n2C(N)=C(C#N)C1c1c(F)cccc1Cl. The number of thiazole rings is 1. The smallest absolute Gasteiger partial charge is 0.338 e. The van der Waals surface area contributed by atoms with Crippen LogP contribution in [0.4, 0.5) is 8.78 Å². The van der Waals surface area contributed by atoms with Crippen molar-refractivity contribution in [2.75, 3.05) is 0 Å². The van der Waals surface area contributed by atoms with Gasteiger partial charge in [-0.15, -0.1) is 11.3 Å². The van der Waals surface area contributed by atoms with E-state index in [1.807, 2.05) is 6.07 Å². The minimum Gasteiger partial charge on any atom is -0.460 e. The Labute approximate surface area is 217 Å². The zero-order valence-corrected chi connectivity index (χ0v) is 21.1. The number of esters is 1. The third kappa shape index (κ3) is 4.32. The van der Waals surface area contributed by atoms with Crippen LogP contribution in [-0.2, 0) is 9.53 Å². The monoisotopic (exact) mass is 547 g/mol. The number of nitriles is 1. The molecular formula is C25H17Cl2F2N3O3S. The molecular weight excluding hydrogens is 531 g/mol. The quantitative estimate of drug-likeness (QED) is 0.500. The van der Waals surface area contributed by atoms with Crippen molar-refractivity contribution in [1.82, 2.24) is 4.57 Å². The third-order valence-corrected chi connectivity index (χ3v) is 7.16. The van der Waals surface area contributed by atoms with Gasteiger partial charge in [0.05, 0.1) is 38.8 Å². The number of hydrogen-bond donors (Lipinski definition) is 1. The lowest BCUT2D eigenvalue weighted by molar-refractivity contribution is -0.140. The zero-order valence-electron chi connectivity index (χ0n) is 18.8. The number of carbonyl (C=O) groups is 1. The van der Waals surface area contributed by atoms with Crippen molar-refractivity contribution in [2.45, 2.75) is 25.9 Å². The van der Waals surface area contributed by atoms with E-state index in [4.69, 9.17) is 33.7 Å². The molecule has 1 atom stereocenters. The Morgan fingerprint density at radius 1 is 1.19 bits per heavy atom. The Bertz CT molecular complexity index is 1630. The van der Waals surface area contributed by atoms with Crippen LogP contribution in [0, 0.1) is 23.0 Å². The van der Waals surface area contributed by atoms with Gasteiger partial charge in [0.25, 0.3) is 5.56 Å². The summed E-state index contributed by atoms with van der Waals surface area (Å²) in [6, 6.07) is 9.86. The molecule has 1 aliphatic heterocycles. The molecule has 1 aromatic heterocycles. The van der Waals surface area contributed by atoms with Crippen LogP contribution in [-0.4, -0.2) is 16.6 Å². The highest BCUT2D eigenvalue weighted by Gasteiger charge is 2.39. The first-order valence-electron chi connectivity index (χ1n) is 10.5. The van der Waals surface area contributed by atoms with Gasteiger partial charge in [0, 0.05) is 16.1 Å². The van der Waals surface area contributed by atoms with Gasteiger partial charge in [0.1, 0.15) is 22.1 Å². The minimum atomic E-state index is -1.35. The summed E-state index contributed by atoms with van der Waals surface area (Å²) in [4.78, 5) is 26.7. The molecule has 1 unspecified atom stereocenters. The summed E-state index contributed by atoms with van der Waals surface area (Å²) in [6.45, 7) is 3.23. The molecule has 0 saturated heterocycles. The standard InChI is InChI=1S/C25H17Cl2F2N3O3S/c1-11(2)35-25(34)21-19(20-15(27)6-4-8-17(20)29)13(10-30)22(31)32-23(33)18(36-24(21)32)9-12-14(26)5-3-7-16(12)28/h3-9,11,19H,31H2,1-2H3. The molecule has 3 aromatic rings. The van der Waals surface area contributed by atoms with Gasteiger partial charge in [-0.1, -0.05) is 35.3 Å². The summed E-state index contributed by atoms with van der Waals surface area (Å²) in [5.74, 6) is -3.99. The van der Waals surface area contributed by atoms with Crippen LogP contribution in [0.1, 0.15) is 30.9 Å². The van der Waals surface area contributed by atoms with Gasteiger partial charge in [-0.25, -0.2) is 13.6 Å². The maximum absolute atomic E-state index is 15.1. The van der Waals surface area contributed by atoms with Crippen LogP contribution < -0.4 is 20.5 Å². The van der Waals surface area contributed by atoms with Crippen molar-refractivity contribution < 1.29 is 18.3 Å². The van der Waals surface area contributed by atoms with Crippen molar-refractivity contribution in [3.05, 3.63) is 94.3 Å². The molecule has 36 heavy (non-hydrogen) atoms. The van der Waals surface area contributed by atoms with Crippen LogP contribution in [0.15, 0.2) is 46.8 Å². The highest BCUT2D eigenvalue weighted by Crippen LogP contribution is 2.41. The van der Waals surface area contributed by atoms with Gasteiger partial charge < -0.3 is 10.5 Å². The number of rotatable bonds is 4. The second kappa shape index (κ2) is 9.90. The zero-order chi connectivity index (χ0) is 26.3. The maximum atomic E-state index is 15.1. The predicted octanol–water partition coefficient (Wildman–Crippen LogP) is 3.87. The molecule has 2 aromatic carbocycles. The lowest BCUT2D eigenvalue weighted by Gasteiger charge is -2.26. The largest absolute Gasteiger partial charge is 0.460 e. The van der Waals surface area contributed by atoms with Gasteiger partial charge in [-0.3, -0.25) is 9.36 Å². The number of aromatic nitrogens is 1. The van der Waals surface area contributed by atoms with Crippen LogP contribution in [0.25, 0.3) is 17.5 Å². The van der Waals surface area contributed by atoms with E-state index in [9.17, 15) is 19.2 Å². The van der Waals surface area contributed by atoms with E-state index in [2.05, 4.69) is 0 Å². The maximum Gasteiger partial charge on any atom is 0.338 e. The summed E-state index contributed by atoms with van der Waals surface area (Å²) in [6.07, 6.45) is 0.658. The topological polar surface area (TPSA) is 98.1 Å². The predicted molar refractivity (Wildman–Crippen MR) is 135 cm³/mol. The molecule has 0 amide bonds. The first kappa shape index (κ1) is 25.6. The summed E-state index contributed by atoms with van der Waals surface area (Å²) in [7, 11) is 0. The molecule has 1 aliphatic rings. The average Bonchev–Trinajstić information content (AvgIpc) is 3.12. The first-order valence-corrected chi connectivity index (χ1v) is 12.1. The fraction of sp³-hybridized carbons (Fsp3) is 0.160. The Morgan fingerprint density at radius 2 is 1.83 bits per heavy atom. The van der Waals surface area contributed by atoms with Crippen LogP contribution >= 0.6 is 34.5 Å². The van der Waals surface area contributed by atoms with E-state index in [1.54, 1.807) is 13.8 Å². The van der Waals surface area contributed by atoms with Gasteiger partial charge in [-0.05, 0) is 44.2 Å². The molecule has 11 heteroatoms. The molecule has 0 bridgehead atoms. The Morgan fingerprint density at radius 3 is 2.42 bits per heavy atom. The number of allylic oxidation sites excluding steroid dienone is 1. The van der Waals surface area contributed by atoms with E-state index in [0.29, 0.717) is 0 Å². The summed E-state index contributed by atoms with van der Waals surface area (Å²) in [5.41, 5.74) is 4.87. The van der Waals surface area contributed by atoms with Crippen molar-refractivity contribution in [3.63, 3.8) is 0 Å². The minimum absolute atomic E-state index is 0.00480. The molecule has 6 nitrogen and oxygen atoms in total. The van der Waals surface area contributed by atoms with Crippen LogP contribution in [0.5, 0.6) is 0 Å². The average molecular weight is 548 g/mol. The number of hydrogen-bond acceptors (Lipinski definition) is 6. The number of nitrogens with zero attached hydrogens (tertiary/aromatic N) is 2. The number of benzene rings is 2. The lowest BCUT2D eigenvalue weighted by Crippen LogP contribution is -2.40. The number of ether oxygens (including phenoxy) is 1. The van der Waals surface area contributed by atoms with Crippen molar-refractivity contribution in [2.24, 2.45) is 5.73 Å².